The number of anilines is 1. The third-order valence-corrected chi connectivity index (χ3v) is 4.83. The molecule has 7 nitrogen and oxygen atoms in total. The van der Waals surface area contributed by atoms with Crippen LogP contribution in [0, 0.1) is 20.8 Å². The van der Waals surface area contributed by atoms with E-state index in [0.717, 1.165) is 39.5 Å². The quantitative estimate of drug-likeness (QED) is 0.577. The first kappa shape index (κ1) is 17.2. The van der Waals surface area contributed by atoms with E-state index in [2.05, 4.69) is 44.4 Å². The molecule has 3 aromatic heterocycles. The molecule has 0 radical (unpaired) electrons. The minimum absolute atomic E-state index is 0.0518. The lowest BCUT2D eigenvalue weighted by atomic mass is 10.1. The molecule has 0 aliphatic heterocycles. The zero-order valence-corrected chi connectivity index (χ0v) is 16.2. The van der Waals surface area contributed by atoms with E-state index in [1.54, 1.807) is 6.20 Å². The van der Waals surface area contributed by atoms with Crippen molar-refractivity contribution in [3.63, 3.8) is 0 Å². The van der Waals surface area contributed by atoms with Gasteiger partial charge in [0.1, 0.15) is 5.82 Å². The van der Waals surface area contributed by atoms with Gasteiger partial charge in [0.2, 0.25) is 5.95 Å². The number of hydrogen-bond acceptors (Lipinski definition) is 5. The van der Waals surface area contributed by atoms with Gasteiger partial charge in [-0.2, -0.15) is 5.10 Å². The molecule has 3 heterocycles. The predicted molar refractivity (Wildman–Crippen MR) is 107 cm³/mol. The van der Waals surface area contributed by atoms with Crippen LogP contribution in [0.3, 0.4) is 0 Å². The normalized spacial score (nSPS) is 12.5. The number of fused-ring (bicyclic) bond motifs is 1. The highest BCUT2D eigenvalue weighted by molar-refractivity contribution is 5.76. The van der Waals surface area contributed by atoms with Gasteiger partial charge < -0.3 is 10.3 Å². The van der Waals surface area contributed by atoms with Crippen molar-refractivity contribution in [3.8, 4) is 11.3 Å². The average molecular weight is 361 g/mol. The summed E-state index contributed by atoms with van der Waals surface area (Å²) in [4.78, 5) is 17.1. The number of benzene rings is 1. The van der Waals surface area contributed by atoms with Gasteiger partial charge in [-0.05, 0) is 51.5 Å². The molecule has 0 saturated carbocycles. The fourth-order valence-corrected chi connectivity index (χ4v) is 3.32. The minimum atomic E-state index is -0.0518. The number of rotatable bonds is 4. The van der Waals surface area contributed by atoms with Crippen LogP contribution in [0.1, 0.15) is 35.7 Å². The van der Waals surface area contributed by atoms with Crippen molar-refractivity contribution in [2.45, 2.75) is 33.7 Å². The van der Waals surface area contributed by atoms with Crippen molar-refractivity contribution in [1.82, 2.24) is 29.7 Å². The predicted octanol–water partition coefficient (Wildman–Crippen LogP) is 3.85. The minimum Gasteiger partial charge on any atom is -0.345 e. The Bertz CT molecular complexity index is 1120. The number of nitrogens with zero attached hydrogens (tertiary/aromatic N) is 5. The monoisotopic (exact) mass is 361 g/mol. The summed E-state index contributed by atoms with van der Waals surface area (Å²) in [5.41, 5.74) is 7.16. The van der Waals surface area contributed by atoms with Crippen LogP contribution in [0.5, 0.6) is 0 Å². The summed E-state index contributed by atoms with van der Waals surface area (Å²) in [6, 6.07) is 8.06. The number of aromatic nitrogens is 6. The van der Waals surface area contributed by atoms with E-state index in [9.17, 15) is 0 Å². The van der Waals surface area contributed by atoms with Gasteiger partial charge in [-0.3, -0.25) is 4.68 Å². The molecule has 27 heavy (non-hydrogen) atoms. The molecule has 0 aliphatic rings. The highest BCUT2D eigenvalue weighted by Gasteiger charge is 2.16. The molecule has 0 aliphatic carbocycles. The second kappa shape index (κ2) is 6.50. The molecule has 0 bridgehead atoms. The molecule has 1 aromatic carbocycles. The van der Waals surface area contributed by atoms with Gasteiger partial charge in [-0.15, -0.1) is 0 Å². The van der Waals surface area contributed by atoms with E-state index >= 15 is 0 Å². The molecule has 0 spiro atoms. The lowest BCUT2D eigenvalue weighted by molar-refractivity contribution is 0.731. The van der Waals surface area contributed by atoms with Crippen LogP contribution in [-0.4, -0.2) is 29.7 Å². The number of nitrogens with one attached hydrogen (secondary N) is 2. The van der Waals surface area contributed by atoms with E-state index in [1.165, 1.54) is 5.56 Å². The first-order valence-corrected chi connectivity index (χ1v) is 8.99. The Hall–Kier alpha value is -3.22. The molecular formula is C20H23N7. The van der Waals surface area contributed by atoms with Crippen molar-refractivity contribution in [1.29, 1.82) is 0 Å². The Morgan fingerprint density at radius 3 is 2.67 bits per heavy atom. The topological polar surface area (TPSA) is 84.3 Å². The molecule has 138 valence electrons. The molecule has 4 rings (SSSR count). The van der Waals surface area contributed by atoms with Crippen LogP contribution in [0.4, 0.5) is 5.95 Å². The number of aryl methyl sites for hydroxylation is 3. The van der Waals surface area contributed by atoms with Crippen molar-refractivity contribution >= 4 is 17.0 Å². The number of imidazole rings is 1. The van der Waals surface area contributed by atoms with E-state index in [4.69, 9.17) is 4.98 Å². The Labute approximate surface area is 157 Å². The van der Waals surface area contributed by atoms with Crippen molar-refractivity contribution < 1.29 is 0 Å². The Morgan fingerprint density at radius 2 is 1.93 bits per heavy atom. The van der Waals surface area contributed by atoms with Gasteiger partial charge in [0, 0.05) is 24.5 Å². The smallest absolute Gasteiger partial charge is 0.223 e. The maximum Gasteiger partial charge on any atom is 0.223 e. The van der Waals surface area contributed by atoms with E-state index < -0.39 is 0 Å². The fraction of sp³-hybridized carbons (Fsp3) is 0.300. The summed E-state index contributed by atoms with van der Waals surface area (Å²) in [7, 11) is 1.94. The second-order valence-electron chi connectivity index (χ2n) is 6.94. The fourth-order valence-electron chi connectivity index (χ4n) is 3.32. The van der Waals surface area contributed by atoms with Crippen molar-refractivity contribution in [3.05, 3.63) is 53.2 Å². The van der Waals surface area contributed by atoms with Gasteiger partial charge in [0.05, 0.1) is 28.5 Å². The van der Waals surface area contributed by atoms with Crippen LogP contribution in [-0.2, 0) is 7.05 Å². The molecular weight excluding hydrogens is 338 g/mol. The van der Waals surface area contributed by atoms with E-state index in [0.29, 0.717) is 5.95 Å². The highest BCUT2D eigenvalue weighted by atomic mass is 15.3. The average Bonchev–Trinajstić information content (AvgIpc) is 3.15. The third kappa shape index (κ3) is 3.16. The van der Waals surface area contributed by atoms with Crippen LogP contribution >= 0.6 is 0 Å². The van der Waals surface area contributed by atoms with Crippen LogP contribution < -0.4 is 5.32 Å². The number of H-pyrrole nitrogens is 1. The highest BCUT2D eigenvalue weighted by Crippen LogP contribution is 2.26. The summed E-state index contributed by atoms with van der Waals surface area (Å²) in [5, 5.41) is 7.82. The number of hydrogen-bond donors (Lipinski definition) is 2. The summed E-state index contributed by atoms with van der Waals surface area (Å²) in [6.07, 6.45) is 1.77. The van der Waals surface area contributed by atoms with Gasteiger partial charge >= 0.3 is 0 Å². The standard InChI is InChI=1S/C20H23N7/c1-11-6-7-15-17(10-11)24-19(23-15)13(3)22-20-21-9-8-16(25-20)18-12(2)26-27(5)14(18)4/h6-10,13H,1-5H3,(H,23,24)(H,21,22,25)/t13-/m1/s1. The maximum atomic E-state index is 4.69. The Morgan fingerprint density at radius 1 is 1.11 bits per heavy atom. The Balaban J connectivity index is 1.62. The summed E-state index contributed by atoms with van der Waals surface area (Å²) in [5.74, 6) is 1.43. The van der Waals surface area contributed by atoms with Crippen LogP contribution in [0.15, 0.2) is 30.5 Å². The number of aromatic amines is 1. The molecule has 0 saturated heterocycles. The zero-order chi connectivity index (χ0) is 19.1. The molecule has 0 fully saturated rings. The van der Waals surface area contributed by atoms with E-state index in [-0.39, 0.29) is 6.04 Å². The van der Waals surface area contributed by atoms with E-state index in [1.807, 2.05) is 44.6 Å². The SMILES string of the molecule is Cc1ccc2nc([C@@H](C)Nc3nccc(-c4c(C)nn(C)c4C)n3)[nH]c2c1. The summed E-state index contributed by atoms with van der Waals surface area (Å²) in [6.45, 7) is 8.16. The second-order valence-corrected chi connectivity index (χ2v) is 6.94. The molecule has 0 amide bonds. The molecule has 7 heteroatoms. The van der Waals surface area contributed by atoms with Crippen LogP contribution in [0.2, 0.25) is 0 Å². The first-order chi connectivity index (χ1) is 12.9. The van der Waals surface area contributed by atoms with Crippen molar-refractivity contribution in [2.24, 2.45) is 7.05 Å². The molecule has 4 aromatic rings. The van der Waals surface area contributed by atoms with Crippen molar-refractivity contribution in [2.75, 3.05) is 5.32 Å². The lowest BCUT2D eigenvalue weighted by Crippen LogP contribution is -2.11. The molecule has 1 atom stereocenters. The summed E-state index contributed by atoms with van der Waals surface area (Å²) >= 11 is 0. The van der Waals surface area contributed by atoms with Crippen LogP contribution in [0.25, 0.3) is 22.3 Å². The Kier molecular flexibility index (Phi) is 4.14. The zero-order valence-electron chi connectivity index (χ0n) is 16.2. The first-order valence-electron chi connectivity index (χ1n) is 8.99. The maximum absolute atomic E-state index is 4.69. The summed E-state index contributed by atoms with van der Waals surface area (Å²) < 4.78 is 1.87. The third-order valence-electron chi connectivity index (χ3n) is 4.83. The molecule has 2 N–H and O–H groups in total. The van der Waals surface area contributed by atoms with Gasteiger partial charge in [-0.1, -0.05) is 6.07 Å². The largest absolute Gasteiger partial charge is 0.345 e. The van der Waals surface area contributed by atoms with Gasteiger partial charge in [-0.25, -0.2) is 15.0 Å². The van der Waals surface area contributed by atoms with Gasteiger partial charge in [0.15, 0.2) is 0 Å². The van der Waals surface area contributed by atoms with Gasteiger partial charge in [0.25, 0.3) is 0 Å². The lowest BCUT2D eigenvalue weighted by Gasteiger charge is -2.12. The molecule has 0 unspecified atom stereocenters.